The van der Waals surface area contributed by atoms with Gasteiger partial charge in [-0.1, -0.05) is 30.3 Å². The predicted molar refractivity (Wildman–Crippen MR) is 74.6 cm³/mol. The van der Waals surface area contributed by atoms with E-state index in [1.54, 1.807) is 9.80 Å². The molecule has 1 aromatic rings. The molecule has 0 N–H and O–H groups in total. The fourth-order valence-electron chi connectivity index (χ4n) is 1.59. The fraction of sp³-hybridized carbons (Fsp3) is 0.250. The van der Waals surface area contributed by atoms with E-state index in [-0.39, 0.29) is 30.0 Å². The van der Waals surface area contributed by atoms with Crippen molar-refractivity contribution in [3.05, 3.63) is 48.2 Å². The number of hydrogen-bond acceptors (Lipinski definition) is 1. The summed E-state index contributed by atoms with van der Waals surface area (Å²) in [6, 6.07) is 10.0. The van der Waals surface area contributed by atoms with Gasteiger partial charge in [-0.15, -0.1) is 24.0 Å². The number of nitrogens with zero attached hydrogens (tertiary/aromatic N) is 2. The maximum Gasteiger partial charge on any atom is 0.324 e. The largest absolute Gasteiger partial charge is 0.324 e. The van der Waals surface area contributed by atoms with E-state index in [4.69, 9.17) is 0 Å². The van der Waals surface area contributed by atoms with Crippen LogP contribution in [0.15, 0.2) is 42.6 Å². The van der Waals surface area contributed by atoms with Crippen LogP contribution in [0.5, 0.6) is 0 Å². The van der Waals surface area contributed by atoms with E-state index in [2.05, 4.69) is 0 Å². The van der Waals surface area contributed by atoms with Crippen molar-refractivity contribution in [2.75, 3.05) is 13.6 Å². The minimum Gasteiger partial charge on any atom is -0.324 e. The second-order valence-electron chi connectivity index (χ2n) is 3.66. The SMILES string of the molecule is CN1CC=CN(Cc2ccccc2)C1=O.I. The third-order valence-electron chi connectivity index (χ3n) is 2.43. The van der Waals surface area contributed by atoms with Crippen LogP contribution in [-0.2, 0) is 6.54 Å². The summed E-state index contributed by atoms with van der Waals surface area (Å²) in [5.74, 6) is 0. The highest BCUT2D eigenvalue weighted by Gasteiger charge is 2.18. The van der Waals surface area contributed by atoms with E-state index in [0.29, 0.717) is 13.1 Å². The molecular formula is C12H15IN2O. The van der Waals surface area contributed by atoms with E-state index in [1.807, 2.05) is 49.7 Å². The van der Waals surface area contributed by atoms with Gasteiger partial charge in [-0.2, -0.15) is 0 Å². The maximum atomic E-state index is 11.7. The Bertz CT molecular complexity index is 378. The van der Waals surface area contributed by atoms with Gasteiger partial charge >= 0.3 is 6.03 Å². The molecular weight excluding hydrogens is 315 g/mol. The monoisotopic (exact) mass is 330 g/mol. The highest BCUT2D eigenvalue weighted by molar-refractivity contribution is 14.0. The van der Waals surface area contributed by atoms with Crippen LogP contribution >= 0.6 is 24.0 Å². The summed E-state index contributed by atoms with van der Waals surface area (Å²) in [5, 5.41) is 0. The number of hydrogen-bond donors (Lipinski definition) is 0. The van der Waals surface area contributed by atoms with Gasteiger partial charge in [0, 0.05) is 19.8 Å². The topological polar surface area (TPSA) is 23.6 Å². The number of carbonyl (C=O) groups is 1. The minimum absolute atomic E-state index is 0. The number of benzene rings is 1. The second kappa shape index (κ2) is 5.89. The van der Waals surface area contributed by atoms with Crippen molar-refractivity contribution < 1.29 is 4.79 Å². The molecule has 0 atom stereocenters. The molecule has 1 aromatic carbocycles. The highest BCUT2D eigenvalue weighted by Crippen LogP contribution is 2.10. The van der Waals surface area contributed by atoms with Crippen LogP contribution in [0.1, 0.15) is 5.56 Å². The average molecular weight is 330 g/mol. The Labute approximate surface area is 113 Å². The molecule has 1 heterocycles. The summed E-state index contributed by atoms with van der Waals surface area (Å²) >= 11 is 0. The molecule has 0 unspecified atom stereocenters. The lowest BCUT2D eigenvalue weighted by molar-refractivity contribution is 0.177. The summed E-state index contributed by atoms with van der Waals surface area (Å²) in [4.78, 5) is 15.1. The molecule has 0 radical (unpaired) electrons. The van der Waals surface area contributed by atoms with E-state index < -0.39 is 0 Å². The number of amides is 2. The highest BCUT2D eigenvalue weighted by atomic mass is 127. The first-order valence-corrected chi connectivity index (χ1v) is 5.00. The van der Waals surface area contributed by atoms with Crippen molar-refractivity contribution in [3.63, 3.8) is 0 Å². The Balaban J connectivity index is 0.00000128. The van der Waals surface area contributed by atoms with Crippen LogP contribution in [-0.4, -0.2) is 29.4 Å². The lowest BCUT2D eigenvalue weighted by atomic mass is 10.2. The van der Waals surface area contributed by atoms with Gasteiger partial charge in [0.25, 0.3) is 0 Å². The molecule has 0 saturated heterocycles. The quantitative estimate of drug-likeness (QED) is 0.765. The van der Waals surface area contributed by atoms with Crippen LogP contribution in [0, 0.1) is 0 Å². The predicted octanol–water partition coefficient (Wildman–Crippen LogP) is 2.69. The molecule has 0 saturated carbocycles. The molecule has 4 heteroatoms. The number of likely N-dealkylation sites (N-methyl/N-ethyl adjacent to an activating group) is 1. The van der Waals surface area contributed by atoms with Gasteiger partial charge in [0.1, 0.15) is 0 Å². The molecule has 16 heavy (non-hydrogen) atoms. The number of urea groups is 1. The van der Waals surface area contributed by atoms with Crippen molar-refractivity contribution in [2.24, 2.45) is 0 Å². The van der Waals surface area contributed by atoms with Crippen molar-refractivity contribution in [2.45, 2.75) is 6.54 Å². The molecule has 2 amide bonds. The third-order valence-corrected chi connectivity index (χ3v) is 2.43. The molecule has 0 aromatic heterocycles. The Hall–Kier alpha value is -1.04. The smallest absolute Gasteiger partial charge is 0.324 e. The summed E-state index contributed by atoms with van der Waals surface area (Å²) < 4.78 is 0. The molecule has 0 fully saturated rings. The standard InChI is InChI=1S/C12H14N2O.HI/c1-13-8-5-9-14(12(13)15)10-11-6-3-2-4-7-11;/h2-7,9H,8,10H2,1H3;1H. The van der Waals surface area contributed by atoms with Crippen LogP contribution in [0.4, 0.5) is 4.79 Å². The first-order chi connectivity index (χ1) is 7.27. The van der Waals surface area contributed by atoms with Crippen molar-refractivity contribution >= 4 is 30.0 Å². The van der Waals surface area contributed by atoms with E-state index >= 15 is 0 Å². The minimum atomic E-state index is 0. The van der Waals surface area contributed by atoms with Gasteiger partial charge in [-0.3, -0.25) is 4.90 Å². The zero-order valence-corrected chi connectivity index (χ0v) is 11.5. The third kappa shape index (κ3) is 2.98. The Kier molecular flexibility index (Phi) is 4.79. The Morgan fingerprint density at radius 3 is 2.62 bits per heavy atom. The number of halogens is 1. The van der Waals surface area contributed by atoms with E-state index in [0.717, 1.165) is 5.56 Å². The van der Waals surface area contributed by atoms with E-state index in [9.17, 15) is 4.79 Å². The average Bonchev–Trinajstić information content (AvgIpc) is 2.26. The number of carbonyl (C=O) groups excluding carboxylic acids is 1. The van der Waals surface area contributed by atoms with Gasteiger partial charge < -0.3 is 4.90 Å². The van der Waals surface area contributed by atoms with Gasteiger partial charge in [0.2, 0.25) is 0 Å². The van der Waals surface area contributed by atoms with E-state index in [1.165, 1.54) is 0 Å². The van der Waals surface area contributed by atoms with Gasteiger partial charge in [0.15, 0.2) is 0 Å². The van der Waals surface area contributed by atoms with Gasteiger partial charge in [0.05, 0.1) is 6.54 Å². The van der Waals surface area contributed by atoms with Crippen molar-refractivity contribution in [3.8, 4) is 0 Å². The zero-order valence-electron chi connectivity index (χ0n) is 9.17. The van der Waals surface area contributed by atoms with Crippen LogP contribution in [0.3, 0.4) is 0 Å². The second-order valence-corrected chi connectivity index (χ2v) is 3.66. The van der Waals surface area contributed by atoms with Gasteiger partial charge in [-0.25, -0.2) is 4.79 Å². The van der Waals surface area contributed by atoms with Crippen LogP contribution in [0.2, 0.25) is 0 Å². The summed E-state index contributed by atoms with van der Waals surface area (Å²) in [5.41, 5.74) is 1.14. The fourth-order valence-corrected chi connectivity index (χ4v) is 1.59. The summed E-state index contributed by atoms with van der Waals surface area (Å²) in [6.45, 7) is 1.34. The molecule has 3 nitrogen and oxygen atoms in total. The maximum absolute atomic E-state index is 11.7. The Morgan fingerprint density at radius 1 is 1.25 bits per heavy atom. The molecule has 2 rings (SSSR count). The zero-order chi connectivity index (χ0) is 10.7. The van der Waals surface area contributed by atoms with Gasteiger partial charge in [-0.05, 0) is 11.6 Å². The Morgan fingerprint density at radius 2 is 1.94 bits per heavy atom. The lowest BCUT2D eigenvalue weighted by Gasteiger charge is -2.28. The molecule has 1 aliphatic heterocycles. The molecule has 0 bridgehead atoms. The molecule has 1 aliphatic rings. The van der Waals surface area contributed by atoms with Crippen molar-refractivity contribution in [1.82, 2.24) is 9.80 Å². The van der Waals surface area contributed by atoms with Crippen molar-refractivity contribution in [1.29, 1.82) is 0 Å². The lowest BCUT2D eigenvalue weighted by Crippen LogP contribution is -2.40. The first-order valence-electron chi connectivity index (χ1n) is 5.00. The molecule has 86 valence electrons. The molecule has 0 spiro atoms. The summed E-state index contributed by atoms with van der Waals surface area (Å²) in [6.07, 6.45) is 3.85. The first kappa shape index (κ1) is 13.0. The molecule has 0 aliphatic carbocycles. The summed E-state index contributed by atoms with van der Waals surface area (Å²) in [7, 11) is 1.81. The normalized spacial score (nSPS) is 14.9. The number of rotatable bonds is 2. The van der Waals surface area contributed by atoms with Crippen LogP contribution in [0.25, 0.3) is 0 Å². The van der Waals surface area contributed by atoms with Crippen LogP contribution < -0.4 is 0 Å².